The molecule has 1 N–H and O–H groups in total. The van der Waals surface area contributed by atoms with Crippen LogP contribution in [-0.4, -0.2) is 28.7 Å². The standard InChI is InChI=1S/C29H24Cl2N2O3/c1-16(2)24(25(34)32-17-10-4-3-5-11-17)33-26(35)22-23(27(33)36)29(31)19-13-7-6-12-18(19)28(22,30)20-14-8-9-15-21(20)29/h3-16,22-24H,1-2H3,(H,32,34)/t22-,23-,24+,28?,29?/m1/s1. The van der Waals surface area contributed by atoms with Gasteiger partial charge >= 0.3 is 0 Å². The predicted octanol–water partition coefficient (Wildman–Crippen LogP) is 5.24. The molecule has 2 bridgehead atoms. The third-order valence-electron chi connectivity index (χ3n) is 7.84. The summed E-state index contributed by atoms with van der Waals surface area (Å²) < 4.78 is 0. The highest BCUT2D eigenvalue weighted by Crippen LogP contribution is 2.69. The van der Waals surface area contributed by atoms with Gasteiger partial charge in [-0.1, -0.05) is 80.6 Å². The summed E-state index contributed by atoms with van der Waals surface area (Å²) in [5.41, 5.74) is 3.53. The van der Waals surface area contributed by atoms with Crippen LogP contribution in [0, 0.1) is 17.8 Å². The number of imide groups is 1. The number of rotatable bonds is 4. The molecule has 1 fully saturated rings. The minimum absolute atomic E-state index is 0.332. The van der Waals surface area contributed by atoms with Crippen LogP contribution in [0.5, 0.6) is 0 Å². The number of likely N-dealkylation sites (tertiary alicyclic amines) is 1. The van der Waals surface area contributed by atoms with Gasteiger partial charge in [0.15, 0.2) is 0 Å². The number of carbonyl (C=O) groups excluding carboxylic acids is 3. The lowest BCUT2D eigenvalue weighted by Gasteiger charge is -2.54. The van der Waals surface area contributed by atoms with E-state index < -0.39 is 45.3 Å². The second kappa shape index (κ2) is 7.92. The normalized spacial score (nSPS) is 28.5. The number of benzene rings is 3. The van der Waals surface area contributed by atoms with Gasteiger partial charge in [-0.25, -0.2) is 0 Å². The average Bonchev–Trinajstić information content (AvgIpc) is 3.14. The van der Waals surface area contributed by atoms with E-state index in [-0.39, 0.29) is 5.92 Å². The maximum Gasteiger partial charge on any atom is 0.247 e. The van der Waals surface area contributed by atoms with Gasteiger partial charge in [-0.2, -0.15) is 0 Å². The van der Waals surface area contributed by atoms with Gasteiger partial charge in [-0.05, 0) is 40.3 Å². The first-order valence-corrected chi connectivity index (χ1v) is 12.8. The summed E-state index contributed by atoms with van der Waals surface area (Å²) in [5, 5.41) is 2.86. The third-order valence-corrected chi connectivity index (χ3v) is 9.12. The van der Waals surface area contributed by atoms with Crippen molar-refractivity contribution in [2.45, 2.75) is 29.6 Å². The minimum atomic E-state index is -1.27. The Balaban J connectivity index is 1.50. The summed E-state index contributed by atoms with van der Waals surface area (Å²) in [6.07, 6.45) is 0. The Kier molecular flexibility index (Phi) is 5.12. The molecular weight excluding hydrogens is 495 g/mol. The number of hydrogen-bond acceptors (Lipinski definition) is 3. The number of alkyl halides is 2. The van der Waals surface area contributed by atoms with E-state index in [4.69, 9.17) is 23.2 Å². The zero-order chi connectivity index (χ0) is 25.4. The number of hydrogen-bond donors (Lipinski definition) is 1. The lowest BCUT2D eigenvalue weighted by atomic mass is 9.54. The van der Waals surface area contributed by atoms with Gasteiger partial charge in [0.2, 0.25) is 17.7 Å². The van der Waals surface area contributed by atoms with Crippen LogP contribution in [0.15, 0.2) is 78.9 Å². The van der Waals surface area contributed by atoms with Gasteiger partial charge in [-0.3, -0.25) is 19.3 Å². The van der Waals surface area contributed by atoms with Gasteiger partial charge in [-0.15, -0.1) is 23.2 Å². The van der Waals surface area contributed by atoms with Crippen molar-refractivity contribution in [2.75, 3.05) is 5.32 Å². The van der Waals surface area contributed by atoms with E-state index in [1.165, 1.54) is 0 Å². The Hall–Kier alpha value is -3.15. The molecule has 1 aliphatic heterocycles. The number of halogens is 2. The maximum atomic E-state index is 14.2. The van der Waals surface area contributed by atoms with Crippen molar-refractivity contribution in [3.05, 3.63) is 101 Å². The van der Waals surface area contributed by atoms with Gasteiger partial charge in [0, 0.05) is 5.69 Å². The van der Waals surface area contributed by atoms with E-state index in [1.807, 2.05) is 68.4 Å². The van der Waals surface area contributed by atoms with E-state index in [9.17, 15) is 14.4 Å². The topological polar surface area (TPSA) is 66.5 Å². The summed E-state index contributed by atoms with van der Waals surface area (Å²) in [6, 6.07) is 23.0. The molecule has 36 heavy (non-hydrogen) atoms. The Bertz CT molecular complexity index is 1300. The number of amides is 3. The summed E-state index contributed by atoms with van der Waals surface area (Å²) in [6.45, 7) is 3.64. The molecule has 7 heteroatoms. The highest BCUT2D eigenvalue weighted by molar-refractivity contribution is 6.36. The molecule has 182 valence electrons. The van der Waals surface area contributed by atoms with Crippen LogP contribution in [0.2, 0.25) is 0 Å². The van der Waals surface area contributed by atoms with Crippen LogP contribution in [-0.2, 0) is 24.1 Å². The fraction of sp³-hybridized carbons (Fsp3) is 0.276. The molecule has 7 rings (SSSR count). The first-order valence-electron chi connectivity index (χ1n) is 12.0. The van der Waals surface area contributed by atoms with Crippen molar-refractivity contribution in [1.82, 2.24) is 4.90 Å². The SMILES string of the molecule is CC(C)[C@@H](C(=O)Nc1ccccc1)N1C(=O)[C@H]2[C@H](C1=O)C1(Cl)c3ccccc3C2(Cl)c2ccccc21. The summed E-state index contributed by atoms with van der Waals surface area (Å²) >= 11 is 15.0. The van der Waals surface area contributed by atoms with E-state index in [0.29, 0.717) is 5.69 Å². The van der Waals surface area contributed by atoms with Gasteiger partial charge in [0.05, 0.1) is 11.8 Å². The Morgan fingerprint density at radius 3 is 1.53 bits per heavy atom. The Morgan fingerprint density at radius 1 is 0.750 bits per heavy atom. The molecule has 3 amide bonds. The molecule has 4 aliphatic rings. The number of carbonyl (C=O) groups is 3. The number of nitrogens with zero attached hydrogens (tertiary/aromatic N) is 1. The monoisotopic (exact) mass is 518 g/mol. The molecule has 5 nitrogen and oxygen atoms in total. The third kappa shape index (κ3) is 2.81. The summed E-state index contributed by atoms with van der Waals surface area (Å²) in [4.78, 5) is 40.5. The van der Waals surface area contributed by atoms with Crippen molar-refractivity contribution < 1.29 is 14.4 Å². The fourth-order valence-corrected chi connectivity index (χ4v) is 7.52. The fourth-order valence-electron chi connectivity index (χ4n) is 6.42. The molecule has 0 aromatic heterocycles. The van der Waals surface area contributed by atoms with E-state index >= 15 is 0 Å². The number of para-hydroxylation sites is 1. The van der Waals surface area contributed by atoms with Gasteiger partial charge in [0.1, 0.15) is 15.8 Å². The predicted molar refractivity (Wildman–Crippen MR) is 139 cm³/mol. The quantitative estimate of drug-likeness (QED) is 0.379. The molecule has 3 aromatic carbocycles. The molecule has 0 saturated carbocycles. The van der Waals surface area contributed by atoms with Crippen LogP contribution in [0.25, 0.3) is 0 Å². The van der Waals surface area contributed by atoms with Crippen molar-refractivity contribution in [2.24, 2.45) is 17.8 Å². The van der Waals surface area contributed by atoms with Crippen LogP contribution < -0.4 is 5.32 Å². The molecule has 0 unspecified atom stereocenters. The second-order valence-electron chi connectivity index (χ2n) is 10.1. The molecule has 3 atom stereocenters. The number of anilines is 1. The summed E-state index contributed by atoms with van der Waals surface area (Å²) in [7, 11) is 0. The van der Waals surface area contributed by atoms with Crippen molar-refractivity contribution >= 4 is 46.6 Å². The van der Waals surface area contributed by atoms with Crippen molar-refractivity contribution in [3.63, 3.8) is 0 Å². The summed E-state index contributed by atoms with van der Waals surface area (Å²) in [5.74, 6) is -3.54. The number of nitrogens with one attached hydrogen (secondary N) is 1. The molecule has 3 aromatic rings. The van der Waals surface area contributed by atoms with E-state index in [0.717, 1.165) is 27.2 Å². The smallest absolute Gasteiger partial charge is 0.247 e. The molecule has 1 saturated heterocycles. The van der Waals surface area contributed by atoms with Crippen molar-refractivity contribution in [3.8, 4) is 0 Å². The minimum Gasteiger partial charge on any atom is -0.324 e. The molecular formula is C29H24Cl2N2O3. The van der Waals surface area contributed by atoms with Crippen LogP contribution in [0.3, 0.4) is 0 Å². The Morgan fingerprint density at radius 2 is 1.14 bits per heavy atom. The Labute approximate surface area is 219 Å². The van der Waals surface area contributed by atoms with Crippen LogP contribution >= 0.6 is 23.2 Å². The van der Waals surface area contributed by atoms with E-state index in [2.05, 4.69) is 5.32 Å². The van der Waals surface area contributed by atoms with Gasteiger partial charge < -0.3 is 5.32 Å². The molecule has 0 spiro atoms. The molecule has 1 heterocycles. The zero-order valence-electron chi connectivity index (χ0n) is 19.7. The van der Waals surface area contributed by atoms with Gasteiger partial charge in [0.25, 0.3) is 0 Å². The zero-order valence-corrected chi connectivity index (χ0v) is 21.3. The van der Waals surface area contributed by atoms with E-state index in [1.54, 1.807) is 24.3 Å². The highest BCUT2D eigenvalue weighted by atomic mass is 35.5. The first-order chi connectivity index (χ1) is 17.2. The van der Waals surface area contributed by atoms with Crippen LogP contribution in [0.4, 0.5) is 5.69 Å². The molecule has 0 radical (unpaired) electrons. The van der Waals surface area contributed by atoms with Crippen molar-refractivity contribution in [1.29, 1.82) is 0 Å². The largest absolute Gasteiger partial charge is 0.324 e. The maximum absolute atomic E-state index is 14.2. The highest BCUT2D eigenvalue weighted by Gasteiger charge is 2.73. The van der Waals surface area contributed by atoms with Crippen LogP contribution in [0.1, 0.15) is 36.1 Å². The molecule has 3 aliphatic carbocycles. The first kappa shape index (κ1) is 23.3. The average molecular weight is 519 g/mol. The lowest BCUT2D eigenvalue weighted by Crippen LogP contribution is -2.57. The second-order valence-corrected chi connectivity index (χ2v) is 11.3. The lowest BCUT2D eigenvalue weighted by molar-refractivity contribution is -0.148.